The molecule has 7 nitrogen and oxygen atoms in total. The second-order valence-electron chi connectivity index (χ2n) is 10.3. The molecule has 198 valence electrons. The van der Waals surface area contributed by atoms with Gasteiger partial charge in [0.15, 0.2) is 0 Å². The average molecular weight is 515 g/mol. The Kier molecular flexibility index (Phi) is 8.05. The summed E-state index contributed by atoms with van der Waals surface area (Å²) >= 11 is 0. The second kappa shape index (κ2) is 11.4. The van der Waals surface area contributed by atoms with Gasteiger partial charge in [0, 0.05) is 36.8 Å². The lowest BCUT2D eigenvalue weighted by Crippen LogP contribution is -2.32. The highest BCUT2D eigenvalue weighted by atomic mass is 16.6. The minimum absolute atomic E-state index is 0.233. The van der Waals surface area contributed by atoms with E-state index in [2.05, 4.69) is 22.3 Å². The third-order valence-corrected chi connectivity index (χ3v) is 6.14. The van der Waals surface area contributed by atoms with Gasteiger partial charge in [0.2, 0.25) is 0 Å². The maximum atomic E-state index is 12.1. The van der Waals surface area contributed by atoms with E-state index in [9.17, 15) is 9.59 Å². The Morgan fingerprint density at radius 3 is 2.47 bits per heavy atom. The summed E-state index contributed by atoms with van der Waals surface area (Å²) in [6.45, 7) is 6.48. The minimum atomic E-state index is -0.552. The molecule has 38 heavy (non-hydrogen) atoms. The minimum Gasteiger partial charge on any atom is -0.469 e. The Hall–Kier alpha value is -4.26. The van der Waals surface area contributed by atoms with Crippen LogP contribution in [0.3, 0.4) is 0 Å². The van der Waals surface area contributed by atoms with Crippen LogP contribution in [0.15, 0.2) is 77.4 Å². The summed E-state index contributed by atoms with van der Waals surface area (Å²) in [5.74, 6) is -0.261. The van der Waals surface area contributed by atoms with Crippen molar-refractivity contribution in [3.05, 3.63) is 89.7 Å². The van der Waals surface area contributed by atoms with Crippen LogP contribution in [0.5, 0.6) is 0 Å². The fourth-order valence-corrected chi connectivity index (χ4v) is 4.30. The SMILES string of the molecule is COC(=O)Cc1ccccc1CN(C)c1cc(-c2cccc(CNC(=O)OC(C)(C)C)c2)c2occc2c1. The standard InChI is InChI=1S/C31H34N2O5/c1-31(2,3)38-30(35)32-19-21-9-8-12-23(15-21)27-18-26(16-24-13-14-37-29(24)27)33(4)20-25-11-7-6-10-22(25)17-28(34)36-5/h6-16,18H,17,19-20H2,1-5H3,(H,32,35). The molecule has 0 radical (unpaired) electrons. The average Bonchev–Trinajstić information content (AvgIpc) is 3.36. The van der Waals surface area contributed by atoms with E-state index < -0.39 is 11.7 Å². The predicted molar refractivity (Wildman–Crippen MR) is 149 cm³/mol. The molecule has 1 amide bonds. The largest absolute Gasteiger partial charge is 0.469 e. The number of fused-ring (bicyclic) bond motifs is 1. The number of methoxy groups -OCH3 is 1. The van der Waals surface area contributed by atoms with Crippen molar-refractivity contribution in [3.63, 3.8) is 0 Å². The Bertz CT molecular complexity index is 1430. The molecule has 0 aliphatic rings. The van der Waals surface area contributed by atoms with Gasteiger partial charge < -0.3 is 24.1 Å². The van der Waals surface area contributed by atoms with Gasteiger partial charge in [-0.25, -0.2) is 4.79 Å². The van der Waals surface area contributed by atoms with Crippen molar-refractivity contribution in [3.8, 4) is 11.1 Å². The van der Waals surface area contributed by atoms with Crippen LogP contribution in [0.1, 0.15) is 37.5 Å². The first kappa shape index (κ1) is 26.8. The number of carbonyl (C=O) groups is 2. The van der Waals surface area contributed by atoms with Crippen LogP contribution in [0.4, 0.5) is 10.5 Å². The number of alkyl carbamates (subject to hydrolysis) is 1. The zero-order valence-electron chi connectivity index (χ0n) is 22.5. The number of hydrogen-bond acceptors (Lipinski definition) is 6. The second-order valence-corrected chi connectivity index (χ2v) is 10.3. The lowest BCUT2D eigenvalue weighted by Gasteiger charge is -2.22. The van der Waals surface area contributed by atoms with E-state index in [4.69, 9.17) is 13.9 Å². The first-order chi connectivity index (χ1) is 18.1. The van der Waals surface area contributed by atoms with Gasteiger partial charge in [0.1, 0.15) is 11.2 Å². The molecular formula is C31H34N2O5. The van der Waals surface area contributed by atoms with Crippen LogP contribution in [0.2, 0.25) is 0 Å². The molecule has 7 heteroatoms. The molecule has 0 fully saturated rings. The van der Waals surface area contributed by atoms with Crippen molar-refractivity contribution in [2.75, 3.05) is 19.1 Å². The highest BCUT2D eigenvalue weighted by Crippen LogP contribution is 2.35. The van der Waals surface area contributed by atoms with Crippen LogP contribution < -0.4 is 10.2 Å². The smallest absolute Gasteiger partial charge is 0.407 e. The summed E-state index contributed by atoms with van der Waals surface area (Å²) in [4.78, 5) is 26.2. The lowest BCUT2D eigenvalue weighted by molar-refractivity contribution is -0.139. The van der Waals surface area contributed by atoms with Gasteiger partial charge in [-0.3, -0.25) is 4.79 Å². The van der Waals surface area contributed by atoms with Gasteiger partial charge in [-0.2, -0.15) is 0 Å². The van der Waals surface area contributed by atoms with Gasteiger partial charge in [-0.15, -0.1) is 0 Å². The first-order valence-electron chi connectivity index (χ1n) is 12.5. The number of anilines is 1. The molecule has 1 N–H and O–H groups in total. The number of nitrogens with one attached hydrogen (secondary N) is 1. The Morgan fingerprint density at radius 2 is 1.74 bits per heavy atom. The van der Waals surface area contributed by atoms with E-state index in [1.165, 1.54) is 7.11 Å². The highest BCUT2D eigenvalue weighted by molar-refractivity contribution is 5.95. The number of carbonyl (C=O) groups excluding carboxylic acids is 2. The van der Waals surface area contributed by atoms with E-state index in [1.54, 1.807) is 6.26 Å². The summed E-state index contributed by atoms with van der Waals surface area (Å²) in [7, 11) is 3.43. The van der Waals surface area contributed by atoms with E-state index in [0.717, 1.165) is 44.5 Å². The van der Waals surface area contributed by atoms with E-state index >= 15 is 0 Å². The third-order valence-electron chi connectivity index (χ3n) is 6.14. The van der Waals surface area contributed by atoms with Crippen molar-refractivity contribution in [2.45, 2.75) is 45.9 Å². The number of esters is 1. The van der Waals surface area contributed by atoms with Crippen molar-refractivity contribution in [1.82, 2.24) is 5.32 Å². The fraction of sp³-hybridized carbons (Fsp3) is 0.290. The molecule has 1 heterocycles. The monoisotopic (exact) mass is 514 g/mol. The molecule has 0 spiro atoms. The van der Waals surface area contributed by atoms with E-state index in [-0.39, 0.29) is 12.4 Å². The number of amides is 1. The molecular weight excluding hydrogens is 480 g/mol. The molecule has 0 saturated carbocycles. The number of furan rings is 1. The van der Waals surface area contributed by atoms with Crippen LogP contribution in [0, 0.1) is 0 Å². The number of hydrogen-bond donors (Lipinski definition) is 1. The zero-order chi connectivity index (χ0) is 27.3. The Labute approximate surface area is 223 Å². The summed E-state index contributed by atoms with van der Waals surface area (Å²) < 4.78 is 16.1. The molecule has 0 bridgehead atoms. The maximum Gasteiger partial charge on any atom is 0.407 e. The maximum absolute atomic E-state index is 12.1. The Morgan fingerprint density at radius 1 is 0.974 bits per heavy atom. The summed E-state index contributed by atoms with van der Waals surface area (Å²) in [6, 6.07) is 22.1. The van der Waals surface area contributed by atoms with Gasteiger partial charge in [-0.05, 0) is 67.3 Å². The third kappa shape index (κ3) is 6.73. The van der Waals surface area contributed by atoms with Gasteiger partial charge in [0.25, 0.3) is 0 Å². The number of ether oxygens (including phenoxy) is 2. The van der Waals surface area contributed by atoms with Gasteiger partial charge >= 0.3 is 12.1 Å². The van der Waals surface area contributed by atoms with Crippen LogP contribution in [0.25, 0.3) is 22.1 Å². The van der Waals surface area contributed by atoms with Crippen molar-refractivity contribution < 1.29 is 23.5 Å². The molecule has 4 aromatic rings. The van der Waals surface area contributed by atoms with Crippen molar-refractivity contribution in [2.24, 2.45) is 0 Å². The number of rotatable bonds is 8. The molecule has 0 unspecified atom stereocenters. The van der Waals surface area contributed by atoms with E-state index in [0.29, 0.717) is 13.1 Å². The fourth-order valence-electron chi connectivity index (χ4n) is 4.30. The lowest BCUT2D eigenvalue weighted by atomic mass is 9.99. The molecule has 0 aliphatic heterocycles. The van der Waals surface area contributed by atoms with E-state index in [1.807, 2.05) is 82.4 Å². The summed E-state index contributed by atoms with van der Waals surface area (Å²) in [5.41, 5.74) is 6.15. The molecule has 3 aromatic carbocycles. The zero-order valence-corrected chi connectivity index (χ0v) is 22.5. The number of nitrogens with zero attached hydrogens (tertiary/aromatic N) is 1. The molecule has 0 aliphatic carbocycles. The molecule has 0 saturated heterocycles. The van der Waals surface area contributed by atoms with Gasteiger partial charge in [0.05, 0.1) is 19.8 Å². The van der Waals surface area contributed by atoms with Crippen LogP contribution in [-0.2, 0) is 33.8 Å². The van der Waals surface area contributed by atoms with Crippen molar-refractivity contribution in [1.29, 1.82) is 0 Å². The summed E-state index contributed by atoms with van der Waals surface area (Å²) in [6.07, 6.45) is 1.47. The predicted octanol–water partition coefficient (Wildman–Crippen LogP) is 6.48. The quantitative estimate of drug-likeness (QED) is 0.271. The Balaban J connectivity index is 1.59. The van der Waals surface area contributed by atoms with Gasteiger partial charge in [-0.1, -0.05) is 42.5 Å². The molecule has 4 rings (SSSR count). The topological polar surface area (TPSA) is 81.0 Å². The molecule has 0 atom stereocenters. The number of benzene rings is 3. The normalized spacial score (nSPS) is 11.3. The molecule has 1 aromatic heterocycles. The van der Waals surface area contributed by atoms with Crippen LogP contribution in [-0.4, -0.2) is 31.8 Å². The van der Waals surface area contributed by atoms with Crippen LogP contribution >= 0.6 is 0 Å². The van der Waals surface area contributed by atoms with Crippen molar-refractivity contribution >= 4 is 28.7 Å². The first-order valence-corrected chi connectivity index (χ1v) is 12.5. The summed E-state index contributed by atoms with van der Waals surface area (Å²) in [5, 5.41) is 3.81. The highest BCUT2D eigenvalue weighted by Gasteiger charge is 2.17.